The number of hydrogen-bond donors (Lipinski definition) is 0. The Bertz CT molecular complexity index is 761. The van der Waals surface area contributed by atoms with Crippen LogP contribution < -0.4 is 0 Å². The third-order valence-electron chi connectivity index (χ3n) is 3.51. The molecule has 0 radical (unpaired) electrons. The van der Waals surface area contributed by atoms with Gasteiger partial charge in [0.15, 0.2) is 5.78 Å². The molecular formula is C18H13BrO. The Morgan fingerprint density at radius 2 is 1.75 bits per heavy atom. The molecule has 0 N–H and O–H groups in total. The molecule has 0 bridgehead atoms. The highest BCUT2D eigenvalue weighted by atomic mass is 79.9. The quantitative estimate of drug-likeness (QED) is 0.600. The summed E-state index contributed by atoms with van der Waals surface area (Å²) >= 11 is 3.41. The van der Waals surface area contributed by atoms with Crippen LogP contribution in [0.25, 0.3) is 11.1 Å². The minimum atomic E-state index is 0.0719. The van der Waals surface area contributed by atoms with E-state index in [9.17, 15) is 4.79 Å². The van der Waals surface area contributed by atoms with Crippen molar-refractivity contribution < 1.29 is 4.79 Å². The van der Waals surface area contributed by atoms with E-state index in [0.29, 0.717) is 5.56 Å². The molecule has 0 atom stereocenters. The summed E-state index contributed by atoms with van der Waals surface area (Å²) in [5.74, 6) is 0.0719. The van der Waals surface area contributed by atoms with Gasteiger partial charge in [-0.1, -0.05) is 58.4 Å². The Morgan fingerprint density at radius 3 is 2.55 bits per heavy atom. The first-order chi connectivity index (χ1) is 9.66. The lowest BCUT2D eigenvalue weighted by molar-refractivity contribution is 0.103. The lowest BCUT2D eigenvalue weighted by atomic mass is 10.0. The van der Waals surface area contributed by atoms with Crippen molar-refractivity contribution in [3.63, 3.8) is 0 Å². The Balaban J connectivity index is 2.14. The van der Waals surface area contributed by atoms with Crippen molar-refractivity contribution in [3.8, 4) is 11.1 Å². The van der Waals surface area contributed by atoms with Crippen molar-refractivity contribution in [1.29, 1.82) is 0 Å². The van der Waals surface area contributed by atoms with E-state index in [1.165, 1.54) is 0 Å². The summed E-state index contributed by atoms with van der Waals surface area (Å²) in [7, 11) is 0. The Labute approximate surface area is 126 Å². The van der Waals surface area contributed by atoms with Crippen LogP contribution in [0.5, 0.6) is 0 Å². The molecule has 20 heavy (non-hydrogen) atoms. The molecule has 1 nitrogen and oxygen atoms in total. The second-order valence-corrected chi connectivity index (χ2v) is 5.72. The van der Waals surface area contributed by atoms with Crippen LogP contribution in [0.1, 0.15) is 21.5 Å². The molecule has 0 spiro atoms. The largest absolute Gasteiger partial charge is 0.289 e. The molecule has 0 aromatic heterocycles. The molecule has 1 aromatic rings. The van der Waals surface area contributed by atoms with Gasteiger partial charge in [-0.05, 0) is 41.8 Å². The molecule has 0 aliphatic heterocycles. The maximum atomic E-state index is 12.6. The van der Waals surface area contributed by atoms with Gasteiger partial charge in [0.1, 0.15) is 0 Å². The summed E-state index contributed by atoms with van der Waals surface area (Å²) in [4.78, 5) is 12.6. The van der Waals surface area contributed by atoms with Crippen LogP contribution in [-0.4, -0.2) is 5.78 Å². The average molecular weight is 325 g/mol. The highest BCUT2D eigenvalue weighted by molar-refractivity contribution is 9.10. The third-order valence-corrected chi connectivity index (χ3v) is 4.00. The second-order valence-electron chi connectivity index (χ2n) is 4.80. The SMILES string of the molecule is Cc1c(C(=O)c2cccc(Br)c2)cc2cccccc1-2. The van der Waals surface area contributed by atoms with Gasteiger partial charge in [-0.2, -0.15) is 0 Å². The molecule has 0 saturated carbocycles. The zero-order valence-electron chi connectivity index (χ0n) is 11.1. The van der Waals surface area contributed by atoms with Crippen LogP contribution in [0.4, 0.5) is 0 Å². The smallest absolute Gasteiger partial charge is 0.193 e. The highest BCUT2D eigenvalue weighted by Crippen LogP contribution is 2.31. The van der Waals surface area contributed by atoms with E-state index < -0.39 is 0 Å². The van der Waals surface area contributed by atoms with Crippen LogP contribution in [0.2, 0.25) is 0 Å². The first kappa shape index (κ1) is 13.1. The van der Waals surface area contributed by atoms with Gasteiger partial charge in [0.25, 0.3) is 0 Å². The predicted octanol–water partition coefficient (Wildman–Crippen LogP) is 5.09. The minimum Gasteiger partial charge on any atom is -0.289 e. The number of halogens is 1. The topological polar surface area (TPSA) is 17.1 Å². The van der Waals surface area contributed by atoms with Crippen LogP contribution >= 0.6 is 15.9 Å². The fraction of sp³-hybridized carbons (Fsp3) is 0.0556. The maximum absolute atomic E-state index is 12.6. The Morgan fingerprint density at radius 1 is 0.950 bits per heavy atom. The number of carbonyl (C=O) groups is 1. The summed E-state index contributed by atoms with van der Waals surface area (Å²) in [6, 6.07) is 19.6. The molecule has 3 rings (SSSR count). The maximum Gasteiger partial charge on any atom is 0.193 e. The predicted molar refractivity (Wildman–Crippen MR) is 85.4 cm³/mol. The van der Waals surface area contributed by atoms with Gasteiger partial charge in [-0.3, -0.25) is 4.79 Å². The summed E-state index contributed by atoms with van der Waals surface area (Å²) in [5.41, 5.74) is 4.77. The zero-order valence-corrected chi connectivity index (χ0v) is 12.6. The normalized spacial score (nSPS) is 10.7. The number of ketones is 1. The van der Waals surface area contributed by atoms with E-state index in [-0.39, 0.29) is 5.78 Å². The Hall–Kier alpha value is -1.93. The standard InChI is InChI=1S/C18H13BrO/c1-12-16-9-4-2-3-6-13(16)11-17(12)18(20)14-7-5-8-15(19)10-14/h2-11H,1H3. The fourth-order valence-corrected chi connectivity index (χ4v) is 2.86. The van der Waals surface area contributed by atoms with E-state index in [4.69, 9.17) is 0 Å². The fourth-order valence-electron chi connectivity index (χ4n) is 2.46. The molecule has 98 valence electrons. The summed E-state index contributed by atoms with van der Waals surface area (Å²) in [5, 5.41) is 0. The van der Waals surface area contributed by atoms with Gasteiger partial charge in [-0.25, -0.2) is 0 Å². The van der Waals surface area contributed by atoms with E-state index >= 15 is 0 Å². The van der Waals surface area contributed by atoms with Gasteiger partial charge in [-0.15, -0.1) is 0 Å². The van der Waals surface area contributed by atoms with Crippen molar-refractivity contribution in [2.24, 2.45) is 0 Å². The van der Waals surface area contributed by atoms with Crippen molar-refractivity contribution in [3.05, 3.63) is 81.8 Å². The lowest BCUT2D eigenvalue weighted by Gasteiger charge is -2.01. The van der Waals surface area contributed by atoms with Crippen molar-refractivity contribution >= 4 is 21.7 Å². The molecule has 2 aliphatic carbocycles. The minimum absolute atomic E-state index is 0.0719. The number of carbonyl (C=O) groups excluding carboxylic acids is 1. The van der Waals surface area contributed by atoms with E-state index in [1.807, 2.05) is 61.5 Å². The van der Waals surface area contributed by atoms with Crippen LogP contribution in [0.3, 0.4) is 0 Å². The first-order valence-corrected chi connectivity index (χ1v) is 7.25. The zero-order chi connectivity index (χ0) is 14.1. The first-order valence-electron chi connectivity index (χ1n) is 6.45. The number of hydrogen-bond acceptors (Lipinski definition) is 1. The van der Waals surface area contributed by atoms with Crippen LogP contribution in [0.15, 0.2) is 65.1 Å². The molecule has 0 amide bonds. The average Bonchev–Trinajstić information content (AvgIpc) is 2.64. The third kappa shape index (κ3) is 2.27. The van der Waals surface area contributed by atoms with Crippen molar-refractivity contribution in [1.82, 2.24) is 0 Å². The van der Waals surface area contributed by atoms with Crippen LogP contribution in [-0.2, 0) is 0 Å². The second kappa shape index (κ2) is 5.22. The molecule has 0 heterocycles. The van der Waals surface area contributed by atoms with Gasteiger partial charge >= 0.3 is 0 Å². The molecule has 1 aromatic carbocycles. The summed E-state index contributed by atoms with van der Waals surface area (Å²) < 4.78 is 0.920. The number of benzene rings is 1. The molecule has 0 unspecified atom stereocenters. The molecule has 2 heteroatoms. The van der Waals surface area contributed by atoms with Gasteiger partial charge in [0.2, 0.25) is 0 Å². The summed E-state index contributed by atoms with van der Waals surface area (Å²) in [6.07, 6.45) is 0. The Kier molecular flexibility index (Phi) is 3.41. The highest BCUT2D eigenvalue weighted by Gasteiger charge is 2.18. The molecule has 0 fully saturated rings. The molecular weight excluding hydrogens is 312 g/mol. The number of rotatable bonds is 2. The van der Waals surface area contributed by atoms with Gasteiger partial charge in [0, 0.05) is 15.6 Å². The lowest BCUT2D eigenvalue weighted by Crippen LogP contribution is -2.01. The summed E-state index contributed by atoms with van der Waals surface area (Å²) in [6.45, 7) is 2.01. The van der Waals surface area contributed by atoms with Crippen molar-refractivity contribution in [2.45, 2.75) is 6.92 Å². The van der Waals surface area contributed by atoms with Crippen molar-refractivity contribution in [2.75, 3.05) is 0 Å². The van der Waals surface area contributed by atoms with E-state index in [2.05, 4.69) is 22.0 Å². The number of fused-ring (bicyclic) bond motifs is 1. The monoisotopic (exact) mass is 324 g/mol. The van der Waals surface area contributed by atoms with Gasteiger partial charge < -0.3 is 0 Å². The van der Waals surface area contributed by atoms with Gasteiger partial charge in [0.05, 0.1) is 0 Å². The van der Waals surface area contributed by atoms with E-state index in [0.717, 1.165) is 26.7 Å². The molecule has 2 aliphatic rings. The molecule has 0 saturated heterocycles. The van der Waals surface area contributed by atoms with E-state index in [1.54, 1.807) is 0 Å². The van der Waals surface area contributed by atoms with Crippen LogP contribution in [0, 0.1) is 6.92 Å².